The summed E-state index contributed by atoms with van der Waals surface area (Å²) in [4.78, 5) is 74.6. The van der Waals surface area contributed by atoms with Gasteiger partial charge in [0, 0.05) is 18.9 Å². The number of benzene rings is 2. The van der Waals surface area contributed by atoms with Crippen molar-refractivity contribution in [1.29, 1.82) is 0 Å². The van der Waals surface area contributed by atoms with Gasteiger partial charge in [-0.1, -0.05) is 81.7 Å². The lowest BCUT2D eigenvalue weighted by Crippen LogP contribution is -2.59. The number of likely N-dealkylation sites (tertiary alicyclic amines) is 1. The van der Waals surface area contributed by atoms with E-state index >= 15 is 0 Å². The van der Waals surface area contributed by atoms with Crippen LogP contribution in [-0.2, 0) is 35.4 Å². The van der Waals surface area contributed by atoms with Gasteiger partial charge in [0.25, 0.3) is 5.91 Å². The Bertz CT molecular complexity index is 1590. The number of nitrogens with one attached hydrogen (secondary N) is 3. The van der Waals surface area contributed by atoms with E-state index in [2.05, 4.69) is 21.1 Å². The molecule has 5 rings (SSSR count). The molecule has 0 radical (unpaired) electrons. The molecular weight excluding hydrogens is 633 g/mol. The molecule has 4 amide bonds. The van der Waals surface area contributed by atoms with Crippen LogP contribution in [-0.4, -0.2) is 76.5 Å². The van der Waals surface area contributed by atoms with E-state index < -0.39 is 64.6 Å². The van der Waals surface area contributed by atoms with E-state index in [1.165, 1.54) is 17.0 Å². The molecule has 3 aliphatic rings. The second kappa shape index (κ2) is 14.8. The lowest BCUT2D eigenvalue weighted by molar-refractivity contribution is -0.144. The fraction of sp³-hybridized carbons (Fsp3) is 0.500. The van der Waals surface area contributed by atoms with Crippen LogP contribution >= 0.6 is 0 Å². The lowest BCUT2D eigenvalue weighted by atomic mass is 9.85. The van der Waals surface area contributed by atoms with Gasteiger partial charge in [0.1, 0.15) is 24.5 Å². The highest BCUT2D eigenvalue weighted by Gasteiger charge is 2.55. The summed E-state index contributed by atoms with van der Waals surface area (Å²) < 4.78 is 19.0. The Hall–Kier alpha value is -4.81. The zero-order valence-corrected chi connectivity index (χ0v) is 28.3. The molecule has 2 aliphatic heterocycles. The van der Waals surface area contributed by atoms with Gasteiger partial charge >= 0.3 is 6.09 Å². The number of ether oxygens (including phenoxy) is 1. The number of amides is 4. The van der Waals surface area contributed by atoms with E-state index in [0.29, 0.717) is 17.7 Å². The number of hydrogen-bond acceptors (Lipinski definition) is 8. The molecular formula is C36H44FN5O7. The smallest absolute Gasteiger partial charge is 0.408 e. The lowest BCUT2D eigenvalue weighted by Gasteiger charge is -2.35. The summed E-state index contributed by atoms with van der Waals surface area (Å²) in [5.41, 5.74) is 0.0134. The molecule has 1 saturated heterocycles. The first-order valence-corrected chi connectivity index (χ1v) is 16.7. The van der Waals surface area contributed by atoms with Crippen LogP contribution in [0.5, 0.6) is 0 Å². The average Bonchev–Trinajstić information content (AvgIpc) is 3.67. The maximum Gasteiger partial charge on any atom is 0.408 e. The first-order valence-electron chi connectivity index (χ1n) is 16.7. The topological polar surface area (TPSA) is 156 Å². The number of nitrogens with zero attached hydrogens (tertiary/aromatic N) is 2. The number of carbonyl (C=O) groups excluding carboxylic acids is 5. The molecule has 1 saturated carbocycles. The Morgan fingerprint density at radius 3 is 2.37 bits per heavy atom. The number of halogens is 1. The van der Waals surface area contributed by atoms with Gasteiger partial charge < -0.3 is 30.4 Å². The molecule has 0 unspecified atom stereocenters. The quantitative estimate of drug-likeness (QED) is 0.289. The predicted octanol–water partition coefficient (Wildman–Crippen LogP) is 3.76. The van der Waals surface area contributed by atoms with Gasteiger partial charge in [-0.05, 0) is 47.9 Å². The van der Waals surface area contributed by atoms with Crippen molar-refractivity contribution in [2.45, 2.75) is 103 Å². The van der Waals surface area contributed by atoms with Crippen LogP contribution < -0.4 is 16.0 Å². The fourth-order valence-corrected chi connectivity index (χ4v) is 6.09. The number of Topliss-reactive ketones (excluding diaryl/α,β-unsaturated/α-hetero) is 1. The number of ketones is 1. The van der Waals surface area contributed by atoms with Crippen molar-refractivity contribution < 1.29 is 37.9 Å². The van der Waals surface area contributed by atoms with Crippen LogP contribution in [0.4, 0.5) is 9.18 Å². The minimum absolute atomic E-state index is 0.00586. The molecule has 3 N–H and O–H groups in total. The number of rotatable bonds is 12. The molecule has 0 aromatic heterocycles. The summed E-state index contributed by atoms with van der Waals surface area (Å²) in [7, 11) is 0. The maximum absolute atomic E-state index is 14.4. The number of alkyl carbamates (subject to hydrolysis) is 1. The molecule has 2 heterocycles. The van der Waals surface area contributed by atoms with Gasteiger partial charge in [-0.2, -0.15) is 0 Å². The summed E-state index contributed by atoms with van der Waals surface area (Å²) >= 11 is 0. The van der Waals surface area contributed by atoms with E-state index in [4.69, 9.17) is 9.57 Å². The van der Waals surface area contributed by atoms with Gasteiger partial charge in [0.2, 0.25) is 17.6 Å². The summed E-state index contributed by atoms with van der Waals surface area (Å²) in [5, 5.41) is 12.4. The first kappa shape index (κ1) is 35.5. The van der Waals surface area contributed by atoms with E-state index in [9.17, 15) is 28.4 Å². The van der Waals surface area contributed by atoms with Crippen molar-refractivity contribution in [3.63, 3.8) is 0 Å². The van der Waals surface area contributed by atoms with Crippen LogP contribution in [0, 0.1) is 11.2 Å². The number of carbonyl (C=O) groups is 5. The summed E-state index contributed by atoms with van der Waals surface area (Å²) in [5.74, 6) is -3.08. The Kier molecular flexibility index (Phi) is 10.7. The molecule has 4 atom stereocenters. The minimum atomic E-state index is -1.12. The van der Waals surface area contributed by atoms with Gasteiger partial charge in [0.15, 0.2) is 5.60 Å². The van der Waals surface area contributed by atoms with Crippen molar-refractivity contribution in [2.24, 2.45) is 10.6 Å². The van der Waals surface area contributed by atoms with Gasteiger partial charge in [-0.25, -0.2) is 9.18 Å². The third kappa shape index (κ3) is 8.81. The highest BCUT2D eigenvalue weighted by Crippen LogP contribution is 2.40. The first-order chi connectivity index (χ1) is 23.3. The monoisotopic (exact) mass is 677 g/mol. The summed E-state index contributed by atoms with van der Waals surface area (Å²) in [6.45, 7) is 7.12. The third-order valence-corrected chi connectivity index (χ3v) is 8.94. The van der Waals surface area contributed by atoms with E-state index in [0.717, 1.165) is 18.4 Å². The molecule has 262 valence electrons. The van der Waals surface area contributed by atoms with E-state index in [-0.39, 0.29) is 38.5 Å². The van der Waals surface area contributed by atoms with Crippen LogP contribution in [0.25, 0.3) is 0 Å². The van der Waals surface area contributed by atoms with E-state index in [1.54, 1.807) is 32.9 Å². The zero-order valence-electron chi connectivity index (χ0n) is 28.3. The highest BCUT2D eigenvalue weighted by atomic mass is 19.1. The van der Waals surface area contributed by atoms with Gasteiger partial charge in [0.05, 0.1) is 18.3 Å². The Morgan fingerprint density at radius 2 is 1.73 bits per heavy atom. The normalized spacial score (nSPS) is 21.3. The molecule has 2 aromatic rings. The maximum atomic E-state index is 14.4. The van der Waals surface area contributed by atoms with Gasteiger partial charge in [-0.15, -0.1) is 0 Å². The highest BCUT2D eigenvalue weighted by molar-refractivity contribution is 6.38. The summed E-state index contributed by atoms with van der Waals surface area (Å²) in [6.07, 6.45) is 1.79. The van der Waals surface area contributed by atoms with Gasteiger partial charge in [-0.3, -0.25) is 19.2 Å². The molecule has 49 heavy (non-hydrogen) atoms. The average molecular weight is 678 g/mol. The fourth-order valence-electron chi connectivity index (χ4n) is 6.09. The Balaban J connectivity index is 1.37. The Labute approximate surface area is 285 Å². The van der Waals surface area contributed by atoms with Crippen LogP contribution in [0.15, 0.2) is 59.8 Å². The zero-order chi connectivity index (χ0) is 35.3. The number of hydrogen-bond donors (Lipinski definition) is 3. The third-order valence-electron chi connectivity index (χ3n) is 8.94. The largest absolute Gasteiger partial charge is 0.445 e. The molecule has 2 fully saturated rings. The minimum Gasteiger partial charge on any atom is -0.445 e. The number of oxime groups is 1. The van der Waals surface area contributed by atoms with Crippen LogP contribution in [0.2, 0.25) is 0 Å². The van der Waals surface area contributed by atoms with Crippen LogP contribution in [0.1, 0.15) is 77.3 Å². The predicted molar refractivity (Wildman–Crippen MR) is 178 cm³/mol. The second-order valence-corrected chi connectivity index (χ2v) is 14.1. The molecule has 1 spiro atoms. The van der Waals surface area contributed by atoms with E-state index in [1.807, 2.05) is 37.3 Å². The standard InChI is InChI=1S/C36H44FN5O7/c1-5-9-26(29(43)32(45)38-25-16-17-25)39-31(44)28-19-36(18-27(41-49-36)23-12-14-24(37)15-13-23)21-42(28)33(46)30(35(2,3)4)40-34(47)48-20-22-10-7-6-8-11-22/h6-8,10-15,25-26,28,30H,5,9,16-21H2,1-4H3,(H,38,45)(H,39,44)(H,40,47)/t26-,28-,30+,36+/m0/s1. The molecule has 2 aromatic carbocycles. The van der Waals surface area contributed by atoms with Crippen molar-refractivity contribution in [3.05, 3.63) is 71.5 Å². The van der Waals surface area contributed by atoms with Crippen molar-refractivity contribution >= 4 is 35.3 Å². The SMILES string of the molecule is CCC[C@H](NC(=O)[C@@H]1C[C@]2(CC(c3ccc(F)cc3)=NO2)CN1C(=O)[C@@H](NC(=O)OCc1ccccc1)C(C)(C)C)C(=O)C(=O)NC1CC1. The molecule has 13 heteroatoms. The summed E-state index contributed by atoms with van der Waals surface area (Å²) in [6, 6.07) is 11.5. The van der Waals surface area contributed by atoms with Crippen molar-refractivity contribution in [2.75, 3.05) is 6.54 Å². The van der Waals surface area contributed by atoms with Crippen LogP contribution in [0.3, 0.4) is 0 Å². The molecule has 0 bridgehead atoms. The van der Waals surface area contributed by atoms with Crippen molar-refractivity contribution in [3.8, 4) is 0 Å². The second-order valence-electron chi connectivity index (χ2n) is 14.1. The van der Waals surface area contributed by atoms with Crippen molar-refractivity contribution in [1.82, 2.24) is 20.9 Å². The molecule has 1 aliphatic carbocycles. The molecule has 12 nitrogen and oxygen atoms in total. The Morgan fingerprint density at radius 1 is 1.04 bits per heavy atom.